The summed E-state index contributed by atoms with van der Waals surface area (Å²) in [5, 5.41) is 4.46. The number of fused-ring (bicyclic) bond motifs is 1. The van der Waals surface area contributed by atoms with Crippen LogP contribution in [0.1, 0.15) is 34.8 Å². The number of hydrogen-bond donors (Lipinski definition) is 1. The Hall–Kier alpha value is -2.63. The van der Waals surface area contributed by atoms with E-state index in [9.17, 15) is 4.79 Å². The van der Waals surface area contributed by atoms with Gasteiger partial charge >= 0.3 is 0 Å². The summed E-state index contributed by atoms with van der Waals surface area (Å²) < 4.78 is 5.28. The van der Waals surface area contributed by atoms with Gasteiger partial charge in [0.2, 0.25) is 0 Å². The van der Waals surface area contributed by atoms with E-state index in [1.807, 2.05) is 30.3 Å². The lowest BCUT2D eigenvalue weighted by Crippen LogP contribution is -2.36. The minimum Gasteiger partial charge on any atom is -0.497 e. The maximum atomic E-state index is 12.8. The van der Waals surface area contributed by atoms with Gasteiger partial charge in [-0.15, -0.1) is 0 Å². The first-order chi connectivity index (χ1) is 14.1. The van der Waals surface area contributed by atoms with Gasteiger partial charge in [-0.05, 0) is 74.0 Å². The Bertz CT molecular complexity index is 1000. The zero-order valence-electron chi connectivity index (χ0n) is 16.4. The predicted molar refractivity (Wildman–Crippen MR) is 116 cm³/mol. The summed E-state index contributed by atoms with van der Waals surface area (Å²) in [6.45, 7) is 2.66. The second-order valence-electron chi connectivity index (χ2n) is 7.28. The average Bonchev–Trinajstić information content (AvgIpc) is 3.28. The molecule has 2 heterocycles. The maximum absolute atomic E-state index is 12.8. The van der Waals surface area contributed by atoms with Crippen LogP contribution in [0.25, 0.3) is 10.9 Å². The number of ether oxygens (including phenoxy) is 1. The number of carbonyl (C=O) groups is 1. The number of halogens is 1. The molecule has 2 aromatic carbocycles. The summed E-state index contributed by atoms with van der Waals surface area (Å²) in [4.78, 5) is 19.5. The van der Waals surface area contributed by atoms with Gasteiger partial charge in [-0.3, -0.25) is 9.69 Å². The van der Waals surface area contributed by atoms with Crippen LogP contribution in [0.3, 0.4) is 0 Å². The van der Waals surface area contributed by atoms with Gasteiger partial charge in [-0.2, -0.15) is 0 Å². The quantitative estimate of drug-likeness (QED) is 0.610. The molecule has 0 radical (unpaired) electrons. The third-order valence-electron chi connectivity index (χ3n) is 5.46. The third-order valence-corrected chi connectivity index (χ3v) is 5.67. The highest BCUT2D eigenvalue weighted by molar-refractivity contribution is 6.29. The van der Waals surface area contributed by atoms with Gasteiger partial charge in [0.05, 0.1) is 18.7 Å². The lowest BCUT2D eigenvalue weighted by Gasteiger charge is -2.28. The fraction of sp³-hybridized carbons (Fsp3) is 0.304. The molecule has 1 atom stereocenters. The van der Waals surface area contributed by atoms with Gasteiger partial charge in [0.25, 0.3) is 5.91 Å². The molecule has 0 saturated carbocycles. The molecular formula is C23H24ClN3O2. The van der Waals surface area contributed by atoms with Crippen molar-refractivity contribution in [2.45, 2.75) is 18.9 Å². The number of rotatable bonds is 6. The maximum Gasteiger partial charge on any atom is 0.251 e. The SMILES string of the molecule is COc1ccc(C(CNC(=O)c2ccc3nc(Cl)ccc3c2)N2CCCC2)cc1. The molecule has 6 heteroatoms. The molecule has 1 aliphatic rings. The second-order valence-corrected chi connectivity index (χ2v) is 7.67. The molecule has 1 unspecified atom stereocenters. The lowest BCUT2D eigenvalue weighted by molar-refractivity contribution is 0.0938. The van der Waals surface area contributed by atoms with Gasteiger partial charge in [-0.25, -0.2) is 4.98 Å². The first kappa shape index (κ1) is 19.7. The molecule has 0 bridgehead atoms. The summed E-state index contributed by atoms with van der Waals surface area (Å²) in [6, 6.07) is 17.4. The van der Waals surface area contributed by atoms with Crippen molar-refractivity contribution < 1.29 is 9.53 Å². The Labute approximate surface area is 175 Å². The number of likely N-dealkylation sites (tertiary alicyclic amines) is 1. The third kappa shape index (κ3) is 4.52. The van der Waals surface area contributed by atoms with Crippen LogP contribution in [-0.2, 0) is 0 Å². The van der Waals surface area contributed by atoms with Crippen molar-refractivity contribution in [1.82, 2.24) is 15.2 Å². The molecular weight excluding hydrogens is 386 g/mol. The van der Waals surface area contributed by atoms with E-state index in [0.29, 0.717) is 17.3 Å². The van der Waals surface area contributed by atoms with E-state index < -0.39 is 0 Å². The van der Waals surface area contributed by atoms with E-state index in [0.717, 1.165) is 29.7 Å². The van der Waals surface area contributed by atoms with Gasteiger partial charge in [0, 0.05) is 17.5 Å². The van der Waals surface area contributed by atoms with Crippen LogP contribution in [-0.4, -0.2) is 42.5 Å². The standard InChI is InChI=1S/C23H24ClN3O2/c1-29-19-8-4-16(5-9-19)21(27-12-2-3-13-27)15-25-23(28)18-6-10-20-17(14-18)7-11-22(24)26-20/h4-11,14,21H,2-3,12-13,15H2,1H3,(H,25,28). The summed E-state index contributed by atoms with van der Waals surface area (Å²) in [7, 11) is 1.67. The van der Waals surface area contributed by atoms with Crippen LogP contribution in [0.2, 0.25) is 5.15 Å². The number of carbonyl (C=O) groups excluding carboxylic acids is 1. The van der Waals surface area contributed by atoms with E-state index in [-0.39, 0.29) is 11.9 Å². The van der Waals surface area contributed by atoms with Gasteiger partial charge in [0.15, 0.2) is 0 Å². The molecule has 1 aliphatic heterocycles. The van der Waals surface area contributed by atoms with E-state index >= 15 is 0 Å². The van der Waals surface area contributed by atoms with Gasteiger partial charge < -0.3 is 10.1 Å². The predicted octanol–water partition coefficient (Wildman–Crippen LogP) is 4.46. The number of benzene rings is 2. The molecule has 1 saturated heterocycles. The number of methoxy groups -OCH3 is 1. The highest BCUT2D eigenvalue weighted by Gasteiger charge is 2.24. The Kier molecular flexibility index (Phi) is 5.97. The average molecular weight is 410 g/mol. The topological polar surface area (TPSA) is 54.5 Å². The Balaban J connectivity index is 1.50. The Morgan fingerprint density at radius 1 is 1.14 bits per heavy atom. The molecule has 1 amide bonds. The summed E-state index contributed by atoms with van der Waals surface area (Å²) in [5.74, 6) is 0.752. The van der Waals surface area contributed by atoms with Crippen LogP contribution in [0.4, 0.5) is 0 Å². The molecule has 1 fully saturated rings. The second kappa shape index (κ2) is 8.80. The highest BCUT2D eigenvalue weighted by atomic mass is 35.5. The molecule has 29 heavy (non-hydrogen) atoms. The summed E-state index contributed by atoms with van der Waals surface area (Å²) in [5.41, 5.74) is 2.59. The zero-order valence-corrected chi connectivity index (χ0v) is 17.2. The zero-order chi connectivity index (χ0) is 20.2. The lowest BCUT2D eigenvalue weighted by atomic mass is 10.0. The van der Waals surface area contributed by atoms with Crippen molar-refractivity contribution in [3.8, 4) is 5.75 Å². The number of pyridine rings is 1. The van der Waals surface area contributed by atoms with E-state index in [4.69, 9.17) is 16.3 Å². The van der Waals surface area contributed by atoms with Crippen molar-refractivity contribution in [3.63, 3.8) is 0 Å². The monoisotopic (exact) mass is 409 g/mol. The molecule has 3 aromatic rings. The van der Waals surface area contributed by atoms with Crippen LogP contribution in [0.15, 0.2) is 54.6 Å². The number of hydrogen-bond acceptors (Lipinski definition) is 4. The number of aromatic nitrogens is 1. The number of nitrogens with zero attached hydrogens (tertiary/aromatic N) is 2. The van der Waals surface area contributed by atoms with E-state index in [1.54, 1.807) is 19.2 Å². The molecule has 5 nitrogen and oxygen atoms in total. The number of amides is 1. The molecule has 150 valence electrons. The molecule has 4 rings (SSSR count). The Morgan fingerprint density at radius 2 is 1.90 bits per heavy atom. The fourth-order valence-electron chi connectivity index (χ4n) is 3.87. The van der Waals surface area contributed by atoms with Crippen molar-refractivity contribution in [1.29, 1.82) is 0 Å². The molecule has 0 aliphatic carbocycles. The van der Waals surface area contributed by atoms with Gasteiger partial charge in [-0.1, -0.05) is 23.7 Å². The molecule has 0 spiro atoms. The van der Waals surface area contributed by atoms with E-state index in [1.165, 1.54) is 18.4 Å². The minimum absolute atomic E-state index is 0.0837. The minimum atomic E-state index is -0.0837. The summed E-state index contributed by atoms with van der Waals surface area (Å²) >= 11 is 5.94. The van der Waals surface area contributed by atoms with Crippen molar-refractivity contribution in [2.24, 2.45) is 0 Å². The van der Waals surface area contributed by atoms with Crippen LogP contribution >= 0.6 is 11.6 Å². The van der Waals surface area contributed by atoms with Crippen LogP contribution in [0, 0.1) is 0 Å². The normalized spacial score (nSPS) is 15.4. The van der Waals surface area contributed by atoms with Crippen LogP contribution < -0.4 is 10.1 Å². The molecule has 1 N–H and O–H groups in total. The Morgan fingerprint density at radius 3 is 2.62 bits per heavy atom. The van der Waals surface area contributed by atoms with Crippen molar-refractivity contribution in [3.05, 3.63) is 70.9 Å². The van der Waals surface area contributed by atoms with Crippen LogP contribution in [0.5, 0.6) is 5.75 Å². The van der Waals surface area contributed by atoms with E-state index in [2.05, 4.69) is 27.3 Å². The fourth-order valence-corrected chi connectivity index (χ4v) is 4.02. The van der Waals surface area contributed by atoms with Gasteiger partial charge in [0.1, 0.15) is 10.9 Å². The number of nitrogens with one attached hydrogen (secondary N) is 1. The summed E-state index contributed by atoms with van der Waals surface area (Å²) in [6.07, 6.45) is 2.39. The smallest absolute Gasteiger partial charge is 0.251 e. The molecule has 1 aromatic heterocycles. The largest absolute Gasteiger partial charge is 0.497 e. The first-order valence-corrected chi connectivity index (χ1v) is 10.2. The first-order valence-electron chi connectivity index (χ1n) is 9.86. The highest BCUT2D eigenvalue weighted by Crippen LogP contribution is 2.26. The van der Waals surface area contributed by atoms with Crippen molar-refractivity contribution in [2.75, 3.05) is 26.7 Å². The van der Waals surface area contributed by atoms with Crippen molar-refractivity contribution >= 4 is 28.4 Å².